The number of benzene rings is 1. The summed E-state index contributed by atoms with van der Waals surface area (Å²) in [5.74, 6) is 0.0387. The quantitative estimate of drug-likeness (QED) is 0.658. The first-order chi connectivity index (χ1) is 13.9. The van der Waals surface area contributed by atoms with Gasteiger partial charge in [-0.25, -0.2) is 8.42 Å². The number of hydrogen-bond acceptors (Lipinski definition) is 4. The maximum atomic E-state index is 13.4. The third-order valence-electron chi connectivity index (χ3n) is 6.58. The van der Waals surface area contributed by atoms with Gasteiger partial charge < -0.3 is 9.80 Å². The Labute approximate surface area is 182 Å². The summed E-state index contributed by atoms with van der Waals surface area (Å²) < 4.78 is 29.1. The molecule has 3 aliphatic heterocycles. The predicted molar refractivity (Wildman–Crippen MR) is 118 cm³/mol. The van der Waals surface area contributed by atoms with Crippen LogP contribution in [-0.4, -0.2) is 62.3 Å². The number of anilines is 1. The summed E-state index contributed by atoms with van der Waals surface area (Å²) in [6.45, 7) is 5.88. The number of halogens is 1. The SMILES string of the molecule is CCC(=O)N1CCc2cc(Br)c(S(=O)(=O)N3CCC(N4CCCCC4)CC3)cc21. The summed E-state index contributed by atoms with van der Waals surface area (Å²) >= 11 is 3.48. The molecule has 4 rings (SSSR count). The number of carbonyl (C=O) groups is 1. The molecule has 3 heterocycles. The van der Waals surface area contributed by atoms with Crippen LogP contribution in [0, 0.1) is 0 Å². The van der Waals surface area contributed by atoms with E-state index in [1.807, 2.05) is 13.0 Å². The third kappa shape index (κ3) is 4.13. The first kappa shape index (κ1) is 21.3. The topological polar surface area (TPSA) is 60.9 Å². The lowest BCUT2D eigenvalue weighted by atomic mass is 10.0. The average Bonchev–Trinajstić information content (AvgIpc) is 3.16. The van der Waals surface area contributed by atoms with Crippen LogP contribution in [0.15, 0.2) is 21.5 Å². The van der Waals surface area contributed by atoms with Gasteiger partial charge in [0.1, 0.15) is 0 Å². The molecule has 0 aliphatic carbocycles. The van der Waals surface area contributed by atoms with Crippen LogP contribution < -0.4 is 4.90 Å². The monoisotopic (exact) mass is 483 g/mol. The minimum atomic E-state index is -3.59. The molecule has 0 unspecified atom stereocenters. The first-order valence-electron chi connectivity index (χ1n) is 10.8. The molecule has 0 bridgehead atoms. The van der Waals surface area contributed by atoms with Crippen molar-refractivity contribution in [3.63, 3.8) is 0 Å². The van der Waals surface area contributed by atoms with Crippen LogP contribution in [0.2, 0.25) is 0 Å². The number of amides is 1. The van der Waals surface area contributed by atoms with Crippen molar-refractivity contribution in [2.24, 2.45) is 0 Å². The summed E-state index contributed by atoms with van der Waals surface area (Å²) in [6.07, 6.45) is 6.79. The van der Waals surface area contributed by atoms with Crippen LogP contribution in [0.3, 0.4) is 0 Å². The molecule has 0 saturated carbocycles. The average molecular weight is 484 g/mol. The number of sulfonamides is 1. The molecule has 8 heteroatoms. The second kappa shape index (κ2) is 8.65. The molecule has 0 N–H and O–H groups in total. The van der Waals surface area contributed by atoms with Gasteiger partial charge in [-0.3, -0.25) is 4.79 Å². The molecule has 1 aromatic rings. The number of carbonyl (C=O) groups excluding carboxylic acids is 1. The van der Waals surface area contributed by atoms with Crippen LogP contribution in [0.4, 0.5) is 5.69 Å². The van der Waals surface area contributed by atoms with E-state index < -0.39 is 10.0 Å². The van der Waals surface area contributed by atoms with Gasteiger partial charge in [0, 0.05) is 42.3 Å². The van der Waals surface area contributed by atoms with Gasteiger partial charge in [0.05, 0.1) is 4.90 Å². The van der Waals surface area contributed by atoms with Crippen LogP contribution in [0.1, 0.15) is 51.0 Å². The number of piperidine rings is 2. The molecule has 0 radical (unpaired) electrons. The first-order valence-corrected chi connectivity index (χ1v) is 13.0. The Morgan fingerprint density at radius 3 is 2.41 bits per heavy atom. The summed E-state index contributed by atoms with van der Waals surface area (Å²) in [5.41, 5.74) is 1.78. The van der Waals surface area contributed by atoms with E-state index in [2.05, 4.69) is 20.8 Å². The van der Waals surface area contributed by atoms with Gasteiger partial charge >= 0.3 is 0 Å². The van der Waals surface area contributed by atoms with E-state index in [0.717, 1.165) is 43.6 Å². The predicted octanol–water partition coefficient (Wildman–Crippen LogP) is 3.39. The second-order valence-electron chi connectivity index (χ2n) is 8.29. The Bertz CT molecular complexity index is 875. The van der Waals surface area contributed by atoms with Gasteiger partial charge in [-0.15, -0.1) is 0 Å². The van der Waals surface area contributed by atoms with Crippen molar-refractivity contribution in [3.05, 3.63) is 22.2 Å². The molecular formula is C21H30BrN3O3S. The molecule has 3 aliphatic rings. The maximum Gasteiger partial charge on any atom is 0.244 e. The zero-order valence-corrected chi connectivity index (χ0v) is 19.5. The van der Waals surface area contributed by atoms with Crippen molar-refractivity contribution >= 4 is 37.5 Å². The largest absolute Gasteiger partial charge is 0.312 e. The van der Waals surface area contributed by atoms with Crippen molar-refractivity contribution in [3.8, 4) is 0 Å². The summed E-state index contributed by atoms with van der Waals surface area (Å²) in [4.78, 5) is 16.8. The Morgan fingerprint density at radius 2 is 1.76 bits per heavy atom. The van der Waals surface area contributed by atoms with Crippen LogP contribution >= 0.6 is 15.9 Å². The summed E-state index contributed by atoms with van der Waals surface area (Å²) in [7, 11) is -3.59. The molecule has 2 saturated heterocycles. The lowest BCUT2D eigenvalue weighted by molar-refractivity contribution is -0.118. The van der Waals surface area contributed by atoms with E-state index in [1.165, 1.54) is 19.3 Å². The fourth-order valence-corrected chi connectivity index (χ4v) is 7.45. The highest BCUT2D eigenvalue weighted by molar-refractivity contribution is 9.10. The van der Waals surface area contributed by atoms with Gasteiger partial charge in [-0.2, -0.15) is 4.31 Å². The van der Waals surface area contributed by atoms with E-state index in [4.69, 9.17) is 0 Å². The number of fused-ring (bicyclic) bond motifs is 1. The van der Waals surface area contributed by atoms with Gasteiger partial charge in [0.2, 0.25) is 15.9 Å². The standard InChI is InChI=1S/C21H30BrN3O3S/c1-2-21(26)25-13-6-16-14-18(22)20(15-19(16)25)29(27,28)24-11-7-17(8-12-24)23-9-4-3-5-10-23/h14-15,17H,2-13H2,1H3. The second-order valence-corrected chi connectivity index (χ2v) is 11.1. The molecule has 2 fully saturated rings. The van der Waals surface area contributed by atoms with E-state index in [9.17, 15) is 13.2 Å². The van der Waals surface area contributed by atoms with Crippen molar-refractivity contribution in [1.29, 1.82) is 0 Å². The van der Waals surface area contributed by atoms with Gasteiger partial charge in [0.25, 0.3) is 0 Å². The normalized spacial score (nSPS) is 22.1. The smallest absolute Gasteiger partial charge is 0.244 e. The van der Waals surface area contributed by atoms with Crippen molar-refractivity contribution in [2.75, 3.05) is 37.6 Å². The molecule has 160 valence electrons. The van der Waals surface area contributed by atoms with Gasteiger partial charge in [-0.05, 0) is 78.8 Å². The fourth-order valence-electron chi connectivity index (χ4n) is 4.91. The minimum absolute atomic E-state index is 0.0387. The van der Waals surface area contributed by atoms with Gasteiger partial charge in [0.15, 0.2) is 0 Å². The lowest BCUT2D eigenvalue weighted by Gasteiger charge is -2.39. The van der Waals surface area contributed by atoms with Crippen molar-refractivity contribution in [2.45, 2.75) is 62.8 Å². The molecule has 1 aromatic carbocycles. The highest BCUT2D eigenvalue weighted by Crippen LogP contribution is 2.37. The van der Waals surface area contributed by atoms with E-state index in [-0.39, 0.29) is 10.8 Å². The van der Waals surface area contributed by atoms with Crippen LogP contribution in [0.5, 0.6) is 0 Å². The zero-order chi connectivity index (χ0) is 20.6. The third-order valence-corrected chi connectivity index (χ3v) is 9.44. The highest BCUT2D eigenvalue weighted by Gasteiger charge is 2.35. The van der Waals surface area contributed by atoms with Gasteiger partial charge in [-0.1, -0.05) is 13.3 Å². The van der Waals surface area contributed by atoms with Crippen molar-refractivity contribution < 1.29 is 13.2 Å². The highest BCUT2D eigenvalue weighted by atomic mass is 79.9. The number of hydrogen-bond donors (Lipinski definition) is 0. The molecule has 0 aromatic heterocycles. The van der Waals surface area contributed by atoms with E-state index in [1.54, 1.807) is 15.3 Å². The van der Waals surface area contributed by atoms with E-state index >= 15 is 0 Å². The minimum Gasteiger partial charge on any atom is -0.312 e. The lowest BCUT2D eigenvalue weighted by Crippen LogP contribution is -2.48. The summed E-state index contributed by atoms with van der Waals surface area (Å²) in [6, 6.07) is 4.08. The number of likely N-dealkylation sites (tertiary alicyclic amines) is 1. The Morgan fingerprint density at radius 1 is 1.07 bits per heavy atom. The maximum absolute atomic E-state index is 13.4. The zero-order valence-electron chi connectivity index (χ0n) is 17.1. The van der Waals surface area contributed by atoms with Crippen molar-refractivity contribution in [1.82, 2.24) is 9.21 Å². The summed E-state index contributed by atoms with van der Waals surface area (Å²) in [5, 5.41) is 0. The van der Waals surface area contributed by atoms with E-state index in [0.29, 0.717) is 36.6 Å². The van der Waals surface area contributed by atoms with Crippen LogP contribution in [0.25, 0.3) is 0 Å². The Balaban J connectivity index is 1.53. The molecule has 29 heavy (non-hydrogen) atoms. The molecule has 0 spiro atoms. The Hall–Kier alpha value is -0.960. The molecule has 0 atom stereocenters. The molecule has 1 amide bonds. The molecular weight excluding hydrogens is 454 g/mol. The molecule has 6 nitrogen and oxygen atoms in total. The van der Waals surface area contributed by atoms with Crippen LogP contribution in [-0.2, 0) is 21.2 Å². The Kier molecular flexibility index (Phi) is 6.35. The fraction of sp³-hybridized carbons (Fsp3) is 0.667. The number of rotatable bonds is 4. The number of nitrogens with zero attached hydrogens (tertiary/aromatic N) is 3.